The summed E-state index contributed by atoms with van der Waals surface area (Å²) in [5.41, 5.74) is 2.95. The molecule has 0 aliphatic rings. The smallest absolute Gasteiger partial charge is 0.287 e. The van der Waals surface area contributed by atoms with E-state index in [9.17, 15) is 14.4 Å². The maximum absolute atomic E-state index is 10.3. The third kappa shape index (κ3) is 1.80. The molecule has 0 bridgehead atoms. The van der Waals surface area contributed by atoms with Crippen molar-refractivity contribution in [1.82, 2.24) is 10.9 Å². The summed E-state index contributed by atoms with van der Waals surface area (Å²) in [5, 5.41) is 0. The standard InChI is InChI=1S/C3H6N4O3/c4-6-2(9)1(8)3(10)7-5/h4-5H2,(H,6,9)(H,7,10). The quantitative estimate of drug-likeness (QED) is 0.106. The van der Waals surface area contributed by atoms with Crippen molar-refractivity contribution in [2.75, 3.05) is 0 Å². The molecule has 0 saturated carbocycles. The van der Waals surface area contributed by atoms with Crippen LogP contribution in [-0.2, 0) is 14.4 Å². The zero-order valence-corrected chi connectivity index (χ0v) is 4.88. The fourth-order valence-electron chi connectivity index (χ4n) is 0.234. The van der Waals surface area contributed by atoms with Crippen molar-refractivity contribution in [2.45, 2.75) is 0 Å². The van der Waals surface area contributed by atoms with Gasteiger partial charge < -0.3 is 0 Å². The first-order chi connectivity index (χ1) is 4.63. The number of hydrazine groups is 2. The number of Topliss-reactive ketones (excluding diaryl/α,β-unsaturated/α-hetero) is 1. The van der Waals surface area contributed by atoms with Crippen molar-refractivity contribution >= 4 is 17.6 Å². The Bertz CT molecular complexity index is 159. The summed E-state index contributed by atoms with van der Waals surface area (Å²) in [7, 11) is 0. The minimum atomic E-state index is -1.33. The predicted molar refractivity (Wildman–Crippen MR) is 29.7 cm³/mol. The monoisotopic (exact) mass is 146 g/mol. The molecule has 0 saturated heterocycles. The van der Waals surface area contributed by atoms with Gasteiger partial charge in [-0.15, -0.1) is 0 Å². The van der Waals surface area contributed by atoms with Gasteiger partial charge in [-0.3, -0.25) is 25.2 Å². The topological polar surface area (TPSA) is 127 Å². The van der Waals surface area contributed by atoms with E-state index in [1.54, 1.807) is 0 Å². The summed E-state index contributed by atoms with van der Waals surface area (Å²) < 4.78 is 0. The van der Waals surface area contributed by atoms with Gasteiger partial charge in [-0.25, -0.2) is 11.7 Å². The third-order valence-electron chi connectivity index (χ3n) is 0.675. The molecule has 0 unspecified atom stereocenters. The maximum atomic E-state index is 10.3. The Morgan fingerprint density at radius 1 is 0.900 bits per heavy atom. The van der Waals surface area contributed by atoms with E-state index in [1.165, 1.54) is 10.9 Å². The highest BCUT2D eigenvalue weighted by atomic mass is 16.2. The van der Waals surface area contributed by atoms with Crippen molar-refractivity contribution in [3.63, 3.8) is 0 Å². The van der Waals surface area contributed by atoms with E-state index in [0.717, 1.165) is 0 Å². The second-order valence-electron chi connectivity index (χ2n) is 1.28. The van der Waals surface area contributed by atoms with Gasteiger partial charge in [-0.05, 0) is 0 Å². The van der Waals surface area contributed by atoms with Crippen LogP contribution in [0.3, 0.4) is 0 Å². The number of carbonyl (C=O) groups is 3. The van der Waals surface area contributed by atoms with Crippen molar-refractivity contribution in [1.29, 1.82) is 0 Å². The Balaban J connectivity index is 4.09. The molecule has 0 fully saturated rings. The Hall–Kier alpha value is -1.47. The van der Waals surface area contributed by atoms with Crippen LogP contribution in [0.5, 0.6) is 0 Å². The number of nitrogens with one attached hydrogen (secondary N) is 2. The number of nitrogens with two attached hydrogens (primary N) is 2. The Morgan fingerprint density at radius 3 is 1.40 bits per heavy atom. The first-order valence-corrected chi connectivity index (χ1v) is 2.19. The highest BCUT2D eigenvalue weighted by Crippen LogP contribution is 1.68. The van der Waals surface area contributed by atoms with Gasteiger partial charge in [0.1, 0.15) is 0 Å². The number of hydrogen-bond donors (Lipinski definition) is 4. The zero-order valence-electron chi connectivity index (χ0n) is 4.88. The number of hydrogen-bond acceptors (Lipinski definition) is 5. The molecule has 0 aliphatic carbocycles. The van der Waals surface area contributed by atoms with Gasteiger partial charge in [0.2, 0.25) is 0 Å². The highest BCUT2D eigenvalue weighted by molar-refractivity contribution is 6.62. The van der Waals surface area contributed by atoms with Crippen LogP contribution in [0.15, 0.2) is 0 Å². The minimum absolute atomic E-state index is 1.21. The van der Waals surface area contributed by atoms with Crippen LogP contribution in [0.1, 0.15) is 0 Å². The van der Waals surface area contributed by atoms with Gasteiger partial charge in [0.05, 0.1) is 0 Å². The number of amides is 2. The molecule has 0 radical (unpaired) electrons. The number of rotatable bonds is 2. The van der Waals surface area contributed by atoms with E-state index >= 15 is 0 Å². The van der Waals surface area contributed by atoms with E-state index in [1.807, 2.05) is 0 Å². The van der Waals surface area contributed by atoms with Crippen molar-refractivity contribution < 1.29 is 14.4 Å². The van der Waals surface area contributed by atoms with Crippen LogP contribution >= 0.6 is 0 Å². The summed E-state index contributed by atoms with van der Waals surface area (Å²) in [6.45, 7) is 0. The average molecular weight is 146 g/mol. The van der Waals surface area contributed by atoms with E-state index in [0.29, 0.717) is 0 Å². The van der Waals surface area contributed by atoms with Crippen LogP contribution in [-0.4, -0.2) is 17.6 Å². The molecule has 0 atom stereocenters. The van der Waals surface area contributed by atoms with E-state index in [-0.39, 0.29) is 0 Å². The van der Waals surface area contributed by atoms with Crippen LogP contribution in [0.2, 0.25) is 0 Å². The summed E-state index contributed by atoms with van der Waals surface area (Å²) >= 11 is 0. The molecule has 0 aromatic carbocycles. The molecule has 0 heterocycles. The fourth-order valence-corrected chi connectivity index (χ4v) is 0.234. The summed E-state index contributed by atoms with van der Waals surface area (Å²) in [6, 6.07) is 0. The minimum Gasteiger partial charge on any atom is -0.287 e. The molecule has 0 aromatic rings. The van der Waals surface area contributed by atoms with Crippen LogP contribution in [0.4, 0.5) is 0 Å². The average Bonchev–Trinajstić information content (AvgIpc) is 2.00. The molecular formula is C3H6N4O3. The summed E-state index contributed by atoms with van der Waals surface area (Å²) in [5.74, 6) is 5.31. The SMILES string of the molecule is NNC(=O)C(=O)C(=O)NN. The van der Waals surface area contributed by atoms with Gasteiger partial charge >= 0.3 is 17.6 Å². The van der Waals surface area contributed by atoms with E-state index in [2.05, 4.69) is 11.7 Å². The Morgan fingerprint density at radius 2 is 1.20 bits per heavy atom. The van der Waals surface area contributed by atoms with Crippen molar-refractivity contribution in [3.05, 3.63) is 0 Å². The molecule has 56 valence electrons. The van der Waals surface area contributed by atoms with Crippen molar-refractivity contribution in [3.8, 4) is 0 Å². The molecular weight excluding hydrogens is 140 g/mol. The van der Waals surface area contributed by atoms with Gasteiger partial charge in [0.25, 0.3) is 0 Å². The zero-order chi connectivity index (χ0) is 8.15. The molecule has 0 aromatic heterocycles. The lowest BCUT2D eigenvalue weighted by Gasteiger charge is -1.94. The molecule has 0 aliphatic heterocycles. The van der Waals surface area contributed by atoms with Crippen LogP contribution in [0.25, 0.3) is 0 Å². The summed E-state index contributed by atoms with van der Waals surface area (Å²) in [6.07, 6.45) is 0. The first kappa shape index (κ1) is 8.53. The molecule has 0 rings (SSSR count). The van der Waals surface area contributed by atoms with Gasteiger partial charge in [0, 0.05) is 0 Å². The number of ketones is 1. The highest BCUT2D eigenvalue weighted by Gasteiger charge is 2.19. The number of carbonyl (C=O) groups excluding carboxylic acids is 3. The predicted octanol–water partition coefficient (Wildman–Crippen LogP) is -3.46. The molecule has 6 N–H and O–H groups in total. The van der Waals surface area contributed by atoms with Crippen LogP contribution in [0, 0.1) is 0 Å². The first-order valence-electron chi connectivity index (χ1n) is 2.19. The Labute approximate surface area is 55.7 Å². The van der Waals surface area contributed by atoms with E-state index < -0.39 is 17.6 Å². The second-order valence-corrected chi connectivity index (χ2v) is 1.28. The van der Waals surface area contributed by atoms with Crippen LogP contribution < -0.4 is 22.5 Å². The largest absolute Gasteiger partial charge is 0.311 e. The Kier molecular flexibility index (Phi) is 3.02. The van der Waals surface area contributed by atoms with E-state index in [4.69, 9.17) is 0 Å². The summed E-state index contributed by atoms with van der Waals surface area (Å²) in [4.78, 5) is 30.7. The van der Waals surface area contributed by atoms with Gasteiger partial charge in [-0.1, -0.05) is 0 Å². The maximum Gasteiger partial charge on any atom is 0.311 e. The molecule has 7 nitrogen and oxygen atoms in total. The fraction of sp³-hybridized carbons (Fsp3) is 0. The lowest BCUT2D eigenvalue weighted by atomic mass is 10.4. The lowest BCUT2D eigenvalue weighted by molar-refractivity contribution is -0.145. The molecule has 10 heavy (non-hydrogen) atoms. The molecule has 2 amide bonds. The van der Waals surface area contributed by atoms with Gasteiger partial charge in [0.15, 0.2) is 0 Å². The lowest BCUT2D eigenvalue weighted by Crippen LogP contribution is -2.46. The second kappa shape index (κ2) is 3.54. The molecule has 0 spiro atoms. The van der Waals surface area contributed by atoms with Crippen molar-refractivity contribution in [2.24, 2.45) is 11.7 Å². The molecule has 7 heteroatoms. The normalized spacial score (nSPS) is 8.20. The third-order valence-corrected chi connectivity index (χ3v) is 0.675. The van der Waals surface area contributed by atoms with Gasteiger partial charge in [-0.2, -0.15) is 0 Å².